The zero-order valence-electron chi connectivity index (χ0n) is 19.1. The molecule has 34 heavy (non-hydrogen) atoms. The third kappa shape index (κ3) is 6.54. The molecule has 0 aliphatic heterocycles. The van der Waals surface area contributed by atoms with Crippen LogP contribution in [0.2, 0.25) is 0 Å². The van der Waals surface area contributed by atoms with Crippen LogP contribution in [0.1, 0.15) is 80.2 Å². The number of nitrogens with one attached hydrogen (secondary N) is 1. The molecule has 3 nitrogen and oxygen atoms in total. The monoisotopic (exact) mass is 572 g/mol. The van der Waals surface area contributed by atoms with Gasteiger partial charge in [-0.2, -0.15) is 26.3 Å². The van der Waals surface area contributed by atoms with Crippen molar-refractivity contribution < 1.29 is 35.1 Å². The van der Waals surface area contributed by atoms with Crippen molar-refractivity contribution >= 4 is 32.7 Å². The van der Waals surface area contributed by atoms with Crippen molar-refractivity contribution in [1.29, 1.82) is 0 Å². The van der Waals surface area contributed by atoms with Crippen LogP contribution in [0.4, 0.5) is 32.0 Å². The predicted octanol–water partition coefficient (Wildman–Crippen LogP) is 8.19. The van der Waals surface area contributed by atoms with E-state index in [1.807, 2.05) is 33.8 Å². The van der Waals surface area contributed by atoms with Crippen LogP contribution in [0.5, 0.6) is 0 Å². The summed E-state index contributed by atoms with van der Waals surface area (Å²) < 4.78 is 103. The van der Waals surface area contributed by atoms with E-state index in [-0.39, 0.29) is 35.0 Å². The number of benzene rings is 2. The van der Waals surface area contributed by atoms with Crippen molar-refractivity contribution in [2.45, 2.75) is 69.6 Å². The highest BCUT2D eigenvalue weighted by Crippen LogP contribution is 2.43. The minimum absolute atomic E-state index is 0.0540. The number of rotatable bonds is 7. The number of anilines is 1. The zero-order chi connectivity index (χ0) is 26.2. The fourth-order valence-corrected chi connectivity index (χ4v) is 5.05. The molecule has 0 amide bonds. The molecule has 0 saturated heterocycles. The van der Waals surface area contributed by atoms with Crippen molar-refractivity contribution in [1.82, 2.24) is 0 Å². The fourth-order valence-electron chi connectivity index (χ4n) is 3.52. The third-order valence-corrected chi connectivity index (χ3v) is 7.12. The molecule has 0 heterocycles. The van der Waals surface area contributed by atoms with Gasteiger partial charge in [0.15, 0.2) is 0 Å². The lowest BCUT2D eigenvalue weighted by Crippen LogP contribution is -2.17. The van der Waals surface area contributed by atoms with Gasteiger partial charge in [-0.3, -0.25) is 4.21 Å². The van der Waals surface area contributed by atoms with E-state index in [1.165, 1.54) is 0 Å². The lowest BCUT2D eigenvalue weighted by Gasteiger charge is -2.26. The molecular weight excluding hydrogens is 548 g/mol. The van der Waals surface area contributed by atoms with Gasteiger partial charge in [-0.15, -0.1) is 0 Å². The molecule has 2 unspecified atom stereocenters. The van der Waals surface area contributed by atoms with Crippen LogP contribution in [0.25, 0.3) is 0 Å². The highest BCUT2D eigenvalue weighted by Gasteiger charge is 2.39. The summed E-state index contributed by atoms with van der Waals surface area (Å²) in [7, 11) is 0. The summed E-state index contributed by atoms with van der Waals surface area (Å²) in [6.07, 6.45) is -9.99. The van der Waals surface area contributed by atoms with E-state index in [0.717, 1.165) is 5.56 Å². The first-order valence-electron chi connectivity index (χ1n) is 10.4. The van der Waals surface area contributed by atoms with Crippen molar-refractivity contribution in [2.24, 2.45) is 0 Å². The first-order chi connectivity index (χ1) is 15.4. The van der Waals surface area contributed by atoms with Gasteiger partial charge in [0.1, 0.15) is 0 Å². The average molecular weight is 573 g/mol. The molecule has 0 spiro atoms. The highest BCUT2D eigenvalue weighted by molar-refractivity contribution is 9.10. The van der Waals surface area contributed by atoms with Crippen molar-refractivity contribution in [3.05, 3.63) is 56.6 Å². The maximum absolute atomic E-state index is 13.3. The van der Waals surface area contributed by atoms with Gasteiger partial charge < -0.3 is 9.87 Å². The average Bonchev–Trinajstić information content (AvgIpc) is 2.69. The van der Waals surface area contributed by atoms with Gasteiger partial charge in [0.25, 0.3) is 0 Å². The molecule has 0 aliphatic rings. The van der Waals surface area contributed by atoms with Gasteiger partial charge >= 0.3 is 12.4 Å². The van der Waals surface area contributed by atoms with Gasteiger partial charge in [0, 0.05) is 17.1 Å². The Hall–Kier alpha value is -1.59. The lowest BCUT2D eigenvalue weighted by atomic mass is 9.89. The number of hydrogen-bond donors (Lipinski definition) is 1. The van der Waals surface area contributed by atoms with E-state index in [0.29, 0.717) is 17.2 Å². The normalized spacial score (nSPS) is 14.6. The molecule has 11 heteroatoms. The summed E-state index contributed by atoms with van der Waals surface area (Å²) in [6, 6.07) is 4.21. The minimum atomic E-state index is -5.01. The molecule has 2 rings (SSSR count). The first kappa shape index (κ1) is 28.6. The first-order valence-corrected chi connectivity index (χ1v) is 12.3. The van der Waals surface area contributed by atoms with Gasteiger partial charge in [-0.05, 0) is 73.6 Å². The Morgan fingerprint density at radius 1 is 0.912 bits per heavy atom. The Balaban J connectivity index is 2.54. The largest absolute Gasteiger partial charge is 0.768 e. The molecule has 1 N–H and O–H groups in total. The summed E-state index contributed by atoms with van der Waals surface area (Å²) in [5.41, 5.74) is -1.33. The molecule has 2 aromatic carbocycles. The fraction of sp³-hybridized carbons (Fsp3) is 0.478. The molecule has 0 fully saturated rings. The molecule has 2 atom stereocenters. The molecule has 0 aromatic heterocycles. The summed E-state index contributed by atoms with van der Waals surface area (Å²) >= 11 is 0.192. The Morgan fingerprint density at radius 3 is 1.91 bits per heavy atom. The number of alkyl halides is 6. The van der Waals surface area contributed by atoms with Crippen molar-refractivity contribution in [3.63, 3.8) is 0 Å². The lowest BCUT2D eigenvalue weighted by molar-refractivity contribution is -0.143. The molecule has 0 aliphatic carbocycles. The van der Waals surface area contributed by atoms with Gasteiger partial charge in [0.2, 0.25) is 0 Å². The van der Waals surface area contributed by atoms with Gasteiger partial charge in [-0.1, -0.05) is 46.8 Å². The minimum Gasteiger partial charge on any atom is -0.768 e. The molecular formula is C23H25BrF6NO2S-. The predicted molar refractivity (Wildman–Crippen MR) is 123 cm³/mol. The molecule has 190 valence electrons. The number of hydrogen-bond acceptors (Lipinski definition) is 3. The van der Waals surface area contributed by atoms with Crippen molar-refractivity contribution in [2.75, 3.05) is 11.9 Å². The Labute approximate surface area is 205 Å². The Bertz CT molecular complexity index is 1070. The second-order valence-corrected chi connectivity index (χ2v) is 10.4. The maximum atomic E-state index is 13.3. The van der Waals surface area contributed by atoms with Gasteiger partial charge in [0.05, 0.1) is 15.6 Å². The van der Waals surface area contributed by atoms with E-state index >= 15 is 0 Å². The Kier molecular flexibility index (Phi) is 8.91. The molecule has 0 bridgehead atoms. The van der Waals surface area contributed by atoms with Gasteiger partial charge in [-0.25, -0.2) is 0 Å². The Morgan fingerprint density at radius 2 is 1.47 bits per heavy atom. The SMILES string of the molecule is CC(C)c1cc(C(C)C)c(S(=O)[O-])c(C(C)CNc2cc(C(F)(F)F)cc(C(F)(F)F)c2Br)c1. The van der Waals surface area contributed by atoms with E-state index < -0.39 is 45.0 Å². The van der Waals surface area contributed by atoms with Crippen LogP contribution < -0.4 is 5.32 Å². The molecule has 0 radical (unpaired) electrons. The third-order valence-electron chi connectivity index (χ3n) is 5.46. The van der Waals surface area contributed by atoms with Crippen LogP contribution in [-0.4, -0.2) is 15.3 Å². The van der Waals surface area contributed by atoms with E-state index in [9.17, 15) is 35.1 Å². The van der Waals surface area contributed by atoms with Crippen LogP contribution in [0, 0.1) is 0 Å². The highest BCUT2D eigenvalue weighted by atomic mass is 79.9. The van der Waals surface area contributed by atoms with Crippen LogP contribution in [-0.2, 0) is 23.4 Å². The van der Waals surface area contributed by atoms with Crippen molar-refractivity contribution in [3.8, 4) is 0 Å². The van der Waals surface area contributed by atoms with E-state index in [2.05, 4.69) is 21.2 Å². The van der Waals surface area contributed by atoms with Crippen LogP contribution >= 0.6 is 15.9 Å². The van der Waals surface area contributed by atoms with E-state index in [4.69, 9.17) is 0 Å². The maximum Gasteiger partial charge on any atom is 0.417 e. The second-order valence-electron chi connectivity index (χ2n) is 8.74. The standard InChI is InChI=1S/C23H26BrF6NO2S/c1-11(2)14-6-16(12(3)4)21(34(32)33)17(7-14)13(5)10-31-19-9-15(22(25,26)27)8-18(20(19)24)23(28,29)30/h6-9,11-13,31H,10H2,1-5H3,(H,32,33)/p-1. The summed E-state index contributed by atoms with van der Waals surface area (Å²) in [5, 5.41) is 2.65. The van der Waals surface area contributed by atoms with Crippen LogP contribution in [0.15, 0.2) is 33.6 Å². The summed E-state index contributed by atoms with van der Waals surface area (Å²) in [4.78, 5) is 0.104. The zero-order valence-corrected chi connectivity index (χ0v) is 21.5. The molecule has 0 saturated carbocycles. The summed E-state index contributed by atoms with van der Waals surface area (Å²) in [6.45, 7) is 9.15. The topological polar surface area (TPSA) is 52.2 Å². The quantitative estimate of drug-likeness (QED) is 0.269. The van der Waals surface area contributed by atoms with Crippen LogP contribution in [0.3, 0.4) is 0 Å². The summed E-state index contributed by atoms with van der Waals surface area (Å²) in [5.74, 6) is -0.574. The molecule has 2 aromatic rings. The second kappa shape index (κ2) is 10.6. The smallest absolute Gasteiger partial charge is 0.417 e. The number of halogens is 7. The van der Waals surface area contributed by atoms with E-state index in [1.54, 1.807) is 13.0 Å².